The van der Waals surface area contributed by atoms with E-state index in [1.54, 1.807) is 34.9 Å². The summed E-state index contributed by atoms with van der Waals surface area (Å²) in [5.41, 5.74) is 0.743. The SMILES string of the molecule is CCC(C)NC(=O)C1CSCN1C(=O)C=Cc1ccc(F)cc1. The molecule has 1 heterocycles. The maximum Gasteiger partial charge on any atom is 0.247 e. The molecule has 6 heteroatoms. The van der Waals surface area contributed by atoms with E-state index in [1.807, 2.05) is 13.8 Å². The van der Waals surface area contributed by atoms with Crippen molar-refractivity contribution in [3.63, 3.8) is 0 Å². The van der Waals surface area contributed by atoms with E-state index < -0.39 is 6.04 Å². The van der Waals surface area contributed by atoms with Gasteiger partial charge in [0.1, 0.15) is 11.9 Å². The van der Waals surface area contributed by atoms with Gasteiger partial charge in [-0.05, 0) is 37.1 Å². The number of carbonyl (C=O) groups excluding carboxylic acids is 2. The third-order valence-electron chi connectivity index (χ3n) is 3.76. The molecule has 23 heavy (non-hydrogen) atoms. The molecule has 2 atom stereocenters. The Hall–Kier alpha value is -1.82. The van der Waals surface area contributed by atoms with Crippen molar-refractivity contribution >= 4 is 29.7 Å². The van der Waals surface area contributed by atoms with Crippen LogP contribution >= 0.6 is 11.8 Å². The lowest BCUT2D eigenvalue weighted by Gasteiger charge is -2.23. The fourth-order valence-electron chi connectivity index (χ4n) is 2.16. The number of hydrogen-bond donors (Lipinski definition) is 1. The largest absolute Gasteiger partial charge is 0.352 e. The second kappa shape index (κ2) is 8.15. The smallest absolute Gasteiger partial charge is 0.247 e. The summed E-state index contributed by atoms with van der Waals surface area (Å²) in [5.74, 6) is 0.492. The van der Waals surface area contributed by atoms with Crippen LogP contribution in [0, 0.1) is 5.82 Å². The van der Waals surface area contributed by atoms with E-state index in [-0.39, 0.29) is 23.7 Å². The Bertz CT molecular complexity index is 589. The summed E-state index contributed by atoms with van der Waals surface area (Å²) in [5, 5.41) is 2.92. The molecule has 2 rings (SSSR count). The normalized spacial score (nSPS) is 19.1. The highest BCUT2D eigenvalue weighted by Gasteiger charge is 2.33. The van der Waals surface area contributed by atoms with Gasteiger partial charge >= 0.3 is 0 Å². The number of benzene rings is 1. The molecule has 0 aromatic heterocycles. The lowest BCUT2D eigenvalue weighted by Crippen LogP contribution is -2.48. The summed E-state index contributed by atoms with van der Waals surface area (Å²) in [6, 6.07) is 5.56. The number of nitrogens with one attached hydrogen (secondary N) is 1. The van der Waals surface area contributed by atoms with Gasteiger partial charge in [-0.25, -0.2) is 4.39 Å². The van der Waals surface area contributed by atoms with Crippen molar-refractivity contribution in [3.05, 3.63) is 41.7 Å². The molecular formula is C17H21FN2O2S. The Morgan fingerprint density at radius 3 is 2.78 bits per heavy atom. The minimum atomic E-state index is -0.431. The van der Waals surface area contributed by atoms with Gasteiger partial charge in [0.15, 0.2) is 0 Å². The number of thioether (sulfide) groups is 1. The van der Waals surface area contributed by atoms with Crippen LogP contribution in [0.5, 0.6) is 0 Å². The number of nitrogens with zero attached hydrogens (tertiary/aromatic N) is 1. The van der Waals surface area contributed by atoms with Gasteiger partial charge < -0.3 is 10.2 Å². The fraction of sp³-hybridized carbons (Fsp3) is 0.412. The zero-order chi connectivity index (χ0) is 16.8. The Labute approximate surface area is 140 Å². The van der Waals surface area contributed by atoms with Crippen molar-refractivity contribution in [2.24, 2.45) is 0 Å². The third-order valence-corrected chi connectivity index (χ3v) is 4.77. The average Bonchev–Trinajstić information content (AvgIpc) is 3.03. The first kappa shape index (κ1) is 17.5. The molecule has 1 aromatic carbocycles. The van der Waals surface area contributed by atoms with E-state index in [0.29, 0.717) is 11.6 Å². The standard InChI is InChI=1S/C17H21FN2O2S/c1-3-12(2)19-17(22)15-10-23-11-20(15)16(21)9-6-13-4-7-14(18)8-5-13/h4-9,12,15H,3,10-11H2,1-2H3,(H,19,22). The van der Waals surface area contributed by atoms with Gasteiger partial charge in [0.05, 0.1) is 5.88 Å². The minimum absolute atomic E-state index is 0.0970. The fourth-order valence-corrected chi connectivity index (χ4v) is 3.32. The van der Waals surface area contributed by atoms with Gasteiger partial charge in [-0.3, -0.25) is 9.59 Å². The molecule has 0 aliphatic carbocycles. The molecule has 4 nitrogen and oxygen atoms in total. The van der Waals surface area contributed by atoms with Gasteiger partial charge in [-0.2, -0.15) is 0 Å². The van der Waals surface area contributed by atoms with Crippen molar-refractivity contribution in [1.82, 2.24) is 10.2 Å². The van der Waals surface area contributed by atoms with Crippen LogP contribution in [0.25, 0.3) is 6.08 Å². The minimum Gasteiger partial charge on any atom is -0.352 e. The summed E-state index contributed by atoms with van der Waals surface area (Å²) < 4.78 is 12.9. The zero-order valence-corrected chi connectivity index (χ0v) is 14.1. The Kier molecular flexibility index (Phi) is 6.21. The van der Waals surface area contributed by atoms with Crippen molar-refractivity contribution in [2.45, 2.75) is 32.4 Å². The van der Waals surface area contributed by atoms with Gasteiger partial charge in [-0.15, -0.1) is 11.8 Å². The molecule has 0 radical (unpaired) electrons. The van der Waals surface area contributed by atoms with Gasteiger partial charge in [0.25, 0.3) is 0 Å². The highest BCUT2D eigenvalue weighted by atomic mass is 32.2. The van der Waals surface area contributed by atoms with E-state index in [0.717, 1.165) is 12.0 Å². The number of carbonyl (C=O) groups is 2. The molecular weight excluding hydrogens is 315 g/mol. The molecule has 0 spiro atoms. The second-order valence-electron chi connectivity index (χ2n) is 5.53. The average molecular weight is 336 g/mol. The molecule has 1 fully saturated rings. The van der Waals surface area contributed by atoms with Crippen molar-refractivity contribution in [3.8, 4) is 0 Å². The van der Waals surface area contributed by atoms with Gasteiger partial charge in [0, 0.05) is 17.9 Å². The summed E-state index contributed by atoms with van der Waals surface area (Å²) in [6.45, 7) is 3.95. The van der Waals surface area contributed by atoms with Crippen LogP contribution in [0.2, 0.25) is 0 Å². The van der Waals surface area contributed by atoms with Crippen LogP contribution in [0.15, 0.2) is 30.3 Å². The predicted octanol–water partition coefficient (Wildman–Crippen LogP) is 2.66. The van der Waals surface area contributed by atoms with Crippen LogP contribution in [-0.2, 0) is 9.59 Å². The predicted molar refractivity (Wildman–Crippen MR) is 91.3 cm³/mol. The summed E-state index contributed by atoms with van der Waals surface area (Å²) >= 11 is 1.57. The molecule has 2 unspecified atom stereocenters. The number of halogens is 1. The highest BCUT2D eigenvalue weighted by molar-refractivity contribution is 7.99. The Morgan fingerprint density at radius 1 is 1.43 bits per heavy atom. The van der Waals surface area contributed by atoms with Gasteiger partial charge in [-0.1, -0.05) is 19.1 Å². The topological polar surface area (TPSA) is 49.4 Å². The Balaban J connectivity index is 2.00. The number of amides is 2. The summed E-state index contributed by atoms with van der Waals surface area (Å²) in [7, 11) is 0. The molecule has 1 aliphatic rings. The first-order valence-electron chi connectivity index (χ1n) is 7.63. The molecule has 0 saturated carbocycles. The van der Waals surface area contributed by atoms with E-state index in [9.17, 15) is 14.0 Å². The number of rotatable bonds is 5. The lowest BCUT2D eigenvalue weighted by atomic mass is 10.2. The van der Waals surface area contributed by atoms with Crippen LogP contribution in [-0.4, -0.2) is 40.4 Å². The van der Waals surface area contributed by atoms with Crippen LogP contribution in [0.4, 0.5) is 4.39 Å². The maximum absolute atomic E-state index is 12.9. The first-order chi connectivity index (χ1) is 11.0. The monoisotopic (exact) mass is 336 g/mol. The Morgan fingerprint density at radius 2 is 2.13 bits per heavy atom. The molecule has 2 amide bonds. The molecule has 1 aliphatic heterocycles. The van der Waals surface area contributed by atoms with Crippen LogP contribution < -0.4 is 5.32 Å². The summed E-state index contributed by atoms with van der Waals surface area (Å²) in [4.78, 5) is 26.2. The summed E-state index contributed by atoms with van der Waals surface area (Å²) in [6.07, 6.45) is 3.92. The quantitative estimate of drug-likeness (QED) is 0.841. The van der Waals surface area contributed by atoms with E-state index >= 15 is 0 Å². The highest BCUT2D eigenvalue weighted by Crippen LogP contribution is 2.22. The second-order valence-corrected chi connectivity index (χ2v) is 6.53. The maximum atomic E-state index is 12.9. The zero-order valence-electron chi connectivity index (χ0n) is 13.3. The van der Waals surface area contributed by atoms with E-state index in [2.05, 4.69) is 5.32 Å². The van der Waals surface area contributed by atoms with Crippen molar-refractivity contribution in [1.29, 1.82) is 0 Å². The first-order valence-corrected chi connectivity index (χ1v) is 8.79. The van der Waals surface area contributed by atoms with Crippen LogP contribution in [0.1, 0.15) is 25.8 Å². The molecule has 1 aromatic rings. The van der Waals surface area contributed by atoms with E-state index in [1.165, 1.54) is 18.2 Å². The van der Waals surface area contributed by atoms with Crippen molar-refractivity contribution in [2.75, 3.05) is 11.6 Å². The lowest BCUT2D eigenvalue weighted by molar-refractivity contribution is -0.135. The van der Waals surface area contributed by atoms with Crippen molar-refractivity contribution < 1.29 is 14.0 Å². The van der Waals surface area contributed by atoms with Gasteiger partial charge in [0.2, 0.25) is 11.8 Å². The molecule has 0 bridgehead atoms. The van der Waals surface area contributed by atoms with E-state index in [4.69, 9.17) is 0 Å². The molecule has 1 saturated heterocycles. The number of hydrogen-bond acceptors (Lipinski definition) is 3. The van der Waals surface area contributed by atoms with Crippen LogP contribution in [0.3, 0.4) is 0 Å². The third kappa shape index (κ3) is 4.82. The molecule has 124 valence electrons. The molecule has 1 N–H and O–H groups in total.